The lowest BCUT2D eigenvalue weighted by Crippen LogP contribution is -2.40. The Kier molecular flexibility index (Phi) is 6.45. The number of anilines is 1. The number of benzene rings is 1. The molecule has 0 saturated carbocycles. The van der Waals surface area contributed by atoms with Crippen LogP contribution in [-0.2, 0) is 11.3 Å². The third-order valence-corrected chi connectivity index (χ3v) is 6.37. The number of rotatable bonds is 5. The maximum Gasteiger partial charge on any atom is 0.229 e. The van der Waals surface area contributed by atoms with Crippen LogP contribution in [0.4, 0.5) is 5.82 Å². The average molecular weight is 447 g/mol. The molecule has 0 bridgehead atoms. The highest BCUT2D eigenvalue weighted by Gasteiger charge is 2.26. The van der Waals surface area contributed by atoms with Crippen LogP contribution in [0, 0.1) is 5.92 Å². The van der Waals surface area contributed by atoms with Crippen molar-refractivity contribution in [3.63, 3.8) is 0 Å². The van der Waals surface area contributed by atoms with Crippen molar-refractivity contribution in [3.8, 4) is 10.6 Å². The first kappa shape index (κ1) is 20.3. The van der Waals surface area contributed by atoms with Gasteiger partial charge in [-0.05, 0) is 37.6 Å². The maximum atomic E-state index is 12.6. The zero-order valence-electron chi connectivity index (χ0n) is 15.6. The molecule has 0 radical (unpaired) electrons. The first-order chi connectivity index (χ1) is 14.1. The summed E-state index contributed by atoms with van der Waals surface area (Å²) in [6.45, 7) is 2.39. The van der Waals surface area contributed by atoms with Crippen molar-refractivity contribution in [3.05, 3.63) is 63.7 Å². The van der Waals surface area contributed by atoms with E-state index in [-0.39, 0.29) is 11.8 Å². The summed E-state index contributed by atoms with van der Waals surface area (Å²) in [5.41, 5.74) is 1.96. The molecule has 1 N–H and O–H groups in total. The second-order valence-corrected chi connectivity index (χ2v) is 8.75. The minimum absolute atomic E-state index is 0.000410. The lowest BCUT2D eigenvalue weighted by molar-refractivity contribution is -0.121. The topological polar surface area (TPSA) is 58.1 Å². The van der Waals surface area contributed by atoms with E-state index < -0.39 is 0 Å². The standard InChI is InChI=1S/C21H20Cl2N4OS/c22-15-7-8-19(24-10-15)26-20(28)14-4-3-9-27(11-14)12-16-13-29-21(25-16)17-5-1-2-6-18(17)23/h1-2,5-8,10,13-14H,3-4,9,11-12H2,(H,24,26,28). The fourth-order valence-corrected chi connectivity index (χ4v) is 4.70. The predicted molar refractivity (Wildman–Crippen MR) is 118 cm³/mol. The van der Waals surface area contributed by atoms with Gasteiger partial charge >= 0.3 is 0 Å². The van der Waals surface area contributed by atoms with Crippen molar-refractivity contribution < 1.29 is 4.79 Å². The number of amides is 1. The molecule has 4 rings (SSSR count). The summed E-state index contributed by atoms with van der Waals surface area (Å²) in [5, 5.41) is 7.14. The molecule has 0 spiro atoms. The molecule has 5 nitrogen and oxygen atoms in total. The zero-order chi connectivity index (χ0) is 20.2. The predicted octanol–water partition coefficient (Wildman–Crippen LogP) is 5.36. The summed E-state index contributed by atoms with van der Waals surface area (Å²) < 4.78 is 0. The monoisotopic (exact) mass is 446 g/mol. The Balaban J connectivity index is 1.37. The van der Waals surface area contributed by atoms with Gasteiger partial charge in [0.25, 0.3) is 0 Å². The Bertz CT molecular complexity index is 992. The van der Waals surface area contributed by atoms with E-state index >= 15 is 0 Å². The number of piperidine rings is 1. The van der Waals surface area contributed by atoms with E-state index in [1.807, 2.05) is 24.3 Å². The fraction of sp³-hybridized carbons (Fsp3) is 0.286. The first-order valence-electron chi connectivity index (χ1n) is 9.42. The molecule has 1 amide bonds. The molecule has 29 heavy (non-hydrogen) atoms. The minimum atomic E-state index is -0.0668. The average Bonchev–Trinajstić information content (AvgIpc) is 3.18. The van der Waals surface area contributed by atoms with Gasteiger partial charge in [-0.2, -0.15) is 0 Å². The summed E-state index contributed by atoms with van der Waals surface area (Å²) in [4.78, 5) is 23.8. The van der Waals surface area contributed by atoms with Gasteiger partial charge in [-0.25, -0.2) is 9.97 Å². The van der Waals surface area contributed by atoms with Gasteiger partial charge in [0.15, 0.2) is 0 Å². The number of carbonyl (C=O) groups is 1. The Morgan fingerprint density at radius 2 is 2.10 bits per heavy atom. The van der Waals surface area contributed by atoms with Crippen LogP contribution in [0.5, 0.6) is 0 Å². The van der Waals surface area contributed by atoms with Crippen LogP contribution < -0.4 is 5.32 Å². The molecule has 3 heterocycles. The second-order valence-electron chi connectivity index (χ2n) is 7.05. The van der Waals surface area contributed by atoms with E-state index in [9.17, 15) is 4.79 Å². The zero-order valence-corrected chi connectivity index (χ0v) is 18.0. The highest BCUT2D eigenvalue weighted by molar-refractivity contribution is 7.13. The number of likely N-dealkylation sites (tertiary alicyclic amines) is 1. The Morgan fingerprint density at radius 3 is 2.90 bits per heavy atom. The van der Waals surface area contributed by atoms with Crippen LogP contribution in [-0.4, -0.2) is 33.9 Å². The van der Waals surface area contributed by atoms with Crippen molar-refractivity contribution >= 4 is 46.3 Å². The summed E-state index contributed by atoms with van der Waals surface area (Å²) in [6.07, 6.45) is 3.38. The quantitative estimate of drug-likeness (QED) is 0.572. The van der Waals surface area contributed by atoms with E-state index in [4.69, 9.17) is 28.2 Å². The van der Waals surface area contributed by atoms with Crippen LogP contribution in [0.2, 0.25) is 10.0 Å². The van der Waals surface area contributed by atoms with Crippen LogP contribution in [0.25, 0.3) is 10.6 Å². The summed E-state index contributed by atoms with van der Waals surface area (Å²) in [7, 11) is 0. The molecular weight excluding hydrogens is 427 g/mol. The number of thiazole rings is 1. The van der Waals surface area contributed by atoms with Crippen LogP contribution in [0.3, 0.4) is 0 Å². The molecule has 150 valence electrons. The summed E-state index contributed by atoms with van der Waals surface area (Å²) >= 11 is 13.7. The maximum absolute atomic E-state index is 12.6. The van der Waals surface area contributed by atoms with Crippen molar-refractivity contribution in [1.82, 2.24) is 14.9 Å². The SMILES string of the molecule is O=C(Nc1ccc(Cl)cn1)C1CCCN(Cc2csc(-c3ccccc3Cl)n2)C1. The Labute approximate surface area is 183 Å². The molecule has 1 atom stereocenters. The minimum Gasteiger partial charge on any atom is -0.310 e. The number of aromatic nitrogens is 2. The van der Waals surface area contributed by atoms with Gasteiger partial charge in [0.2, 0.25) is 5.91 Å². The van der Waals surface area contributed by atoms with Gasteiger partial charge in [-0.1, -0.05) is 41.4 Å². The lowest BCUT2D eigenvalue weighted by atomic mass is 9.97. The number of carbonyl (C=O) groups excluding carboxylic acids is 1. The summed E-state index contributed by atoms with van der Waals surface area (Å²) in [6, 6.07) is 11.2. The molecule has 1 saturated heterocycles. The number of halogens is 2. The van der Waals surface area contributed by atoms with Gasteiger partial charge in [0.1, 0.15) is 10.8 Å². The first-order valence-corrected chi connectivity index (χ1v) is 11.1. The molecule has 1 unspecified atom stereocenters. The molecule has 2 aromatic heterocycles. The van der Waals surface area contributed by atoms with Gasteiger partial charge in [-0.15, -0.1) is 11.3 Å². The van der Waals surface area contributed by atoms with Crippen molar-refractivity contribution in [1.29, 1.82) is 0 Å². The fourth-order valence-electron chi connectivity index (χ4n) is 3.46. The van der Waals surface area contributed by atoms with E-state index in [1.165, 1.54) is 6.20 Å². The Hall–Kier alpha value is -1.99. The molecule has 3 aromatic rings. The lowest BCUT2D eigenvalue weighted by Gasteiger charge is -2.31. The second kappa shape index (κ2) is 9.22. The molecule has 0 aliphatic carbocycles. The number of hydrogen-bond donors (Lipinski definition) is 1. The van der Waals surface area contributed by atoms with Crippen molar-refractivity contribution in [2.24, 2.45) is 5.92 Å². The Morgan fingerprint density at radius 1 is 1.24 bits per heavy atom. The molecule has 1 fully saturated rings. The number of pyridine rings is 1. The smallest absolute Gasteiger partial charge is 0.229 e. The number of nitrogens with zero attached hydrogens (tertiary/aromatic N) is 3. The summed E-state index contributed by atoms with van der Waals surface area (Å²) in [5.74, 6) is 0.461. The van der Waals surface area contributed by atoms with Crippen LogP contribution in [0.1, 0.15) is 18.5 Å². The third-order valence-electron chi connectivity index (χ3n) is 4.90. The van der Waals surface area contributed by atoms with Gasteiger partial charge in [0, 0.05) is 30.2 Å². The largest absolute Gasteiger partial charge is 0.310 e. The molecular formula is C21H20Cl2N4OS. The molecule has 8 heteroatoms. The van der Waals surface area contributed by atoms with E-state index in [0.717, 1.165) is 42.2 Å². The van der Waals surface area contributed by atoms with Gasteiger partial charge in [-0.3, -0.25) is 9.69 Å². The van der Waals surface area contributed by atoms with Crippen molar-refractivity contribution in [2.75, 3.05) is 18.4 Å². The van der Waals surface area contributed by atoms with E-state index in [0.29, 0.717) is 22.4 Å². The van der Waals surface area contributed by atoms with Crippen molar-refractivity contribution in [2.45, 2.75) is 19.4 Å². The molecule has 1 aliphatic rings. The van der Waals surface area contributed by atoms with Gasteiger partial charge < -0.3 is 5.32 Å². The normalized spacial score (nSPS) is 17.2. The molecule has 1 aliphatic heterocycles. The number of nitrogens with one attached hydrogen (secondary N) is 1. The highest BCUT2D eigenvalue weighted by atomic mass is 35.5. The van der Waals surface area contributed by atoms with E-state index in [1.54, 1.807) is 23.5 Å². The molecule has 1 aromatic carbocycles. The van der Waals surface area contributed by atoms with E-state index in [2.05, 4.69) is 20.6 Å². The number of hydrogen-bond acceptors (Lipinski definition) is 5. The van der Waals surface area contributed by atoms with Crippen LogP contribution >= 0.6 is 34.5 Å². The third kappa shape index (κ3) is 5.14. The van der Waals surface area contributed by atoms with Crippen LogP contribution in [0.15, 0.2) is 48.0 Å². The highest BCUT2D eigenvalue weighted by Crippen LogP contribution is 2.30. The van der Waals surface area contributed by atoms with Gasteiger partial charge in [0.05, 0.1) is 21.7 Å².